The van der Waals surface area contributed by atoms with Gasteiger partial charge in [0, 0.05) is 6.04 Å². The number of rotatable bonds is 4. The Kier molecular flexibility index (Phi) is 3.68. The molecule has 3 rings (SSSR count). The van der Waals surface area contributed by atoms with Gasteiger partial charge in [-0.3, -0.25) is 4.79 Å². The second-order valence-corrected chi connectivity index (χ2v) is 6.36. The van der Waals surface area contributed by atoms with E-state index in [1.807, 2.05) is 38.1 Å². The maximum atomic E-state index is 12.2. The maximum absolute atomic E-state index is 12.2. The number of nitrogens with one attached hydrogen (secondary N) is 1. The van der Waals surface area contributed by atoms with Gasteiger partial charge in [-0.15, -0.1) is 0 Å². The highest BCUT2D eigenvalue weighted by molar-refractivity contribution is 5.81. The van der Waals surface area contributed by atoms with Crippen LogP contribution in [0.5, 0.6) is 5.75 Å². The minimum absolute atomic E-state index is 0.0168. The summed E-state index contributed by atoms with van der Waals surface area (Å²) in [6.07, 6.45) is 4.66. The van der Waals surface area contributed by atoms with Crippen LogP contribution in [0.4, 0.5) is 0 Å². The van der Waals surface area contributed by atoms with Gasteiger partial charge >= 0.3 is 0 Å². The lowest BCUT2D eigenvalue weighted by molar-refractivity contribution is -0.128. The van der Waals surface area contributed by atoms with E-state index in [2.05, 4.69) is 5.32 Å². The highest BCUT2D eigenvalue weighted by atomic mass is 16.5. The van der Waals surface area contributed by atoms with Gasteiger partial charge in [-0.05, 0) is 57.1 Å². The Hall–Kier alpha value is -1.51. The molecule has 1 aromatic carbocycles. The molecule has 20 heavy (non-hydrogen) atoms. The first-order valence-electron chi connectivity index (χ1n) is 7.65. The molecule has 0 aliphatic heterocycles. The zero-order valence-electron chi connectivity index (χ0n) is 12.3. The predicted octanol–water partition coefficient (Wildman–Crippen LogP) is 3.07. The van der Waals surface area contributed by atoms with Gasteiger partial charge < -0.3 is 10.1 Å². The van der Waals surface area contributed by atoms with Crippen molar-refractivity contribution < 1.29 is 9.53 Å². The summed E-state index contributed by atoms with van der Waals surface area (Å²) in [4.78, 5) is 12.2. The monoisotopic (exact) mass is 273 g/mol. The van der Waals surface area contributed by atoms with Gasteiger partial charge in [-0.1, -0.05) is 24.1 Å². The largest absolute Gasteiger partial charge is 0.481 e. The zero-order chi connectivity index (χ0) is 14.1. The van der Waals surface area contributed by atoms with Crippen LogP contribution in [0.15, 0.2) is 24.3 Å². The molecule has 3 nitrogen and oxygen atoms in total. The summed E-state index contributed by atoms with van der Waals surface area (Å²) in [6.45, 7) is 3.86. The minimum atomic E-state index is -0.433. The highest BCUT2D eigenvalue weighted by Gasteiger charge is 2.40. The van der Waals surface area contributed by atoms with Gasteiger partial charge in [-0.25, -0.2) is 0 Å². The molecule has 2 bridgehead atoms. The molecule has 0 aromatic heterocycles. The van der Waals surface area contributed by atoms with Crippen LogP contribution in [-0.4, -0.2) is 18.1 Å². The molecule has 0 unspecified atom stereocenters. The van der Waals surface area contributed by atoms with E-state index >= 15 is 0 Å². The van der Waals surface area contributed by atoms with Crippen LogP contribution in [0.2, 0.25) is 0 Å². The molecule has 2 fully saturated rings. The second kappa shape index (κ2) is 5.47. The summed E-state index contributed by atoms with van der Waals surface area (Å²) in [6, 6.07) is 8.20. The number of hydrogen-bond acceptors (Lipinski definition) is 2. The third-order valence-corrected chi connectivity index (χ3v) is 4.77. The molecule has 3 heteroatoms. The molecule has 4 atom stereocenters. The molecule has 2 saturated carbocycles. The fourth-order valence-corrected chi connectivity index (χ4v) is 3.60. The number of carbonyl (C=O) groups is 1. The smallest absolute Gasteiger partial charge is 0.261 e. The van der Waals surface area contributed by atoms with E-state index in [1.165, 1.54) is 24.8 Å². The molecule has 0 saturated heterocycles. The van der Waals surface area contributed by atoms with Crippen LogP contribution >= 0.6 is 0 Å². The molecule has 1 N–H and O–H groups in total. The fraction of sp³-hybridized carbons (Fsp3) is 0.588. The maximum Gasteiger partial charge on any atom is 0.261 e. The molecule has 108 valence electrons. The summed E-state index contributed by atoms with van der Waals surface area (Å²) in [7, 11) is 0. The van der Waals surface area contributed by atoms with Gasteiger partial charge in [0.05, 0.1) is 0 Å². The van der Waals surface area contributed by atoms with E-state index < -0.39 is 6.10 Å². The number of carbonyl (C=O) groups excluding carboxylic acids is 1. The van der Waals surface area contributed by atoms with Crippen molar-refractivity contribution in [2.75, 3.05) is 0 Å². The molecule has 0 heterocycles. The summed E-state index contributed by atoms with van der Waals surface area (Å²) in [5.74, 6) is 2.32. The Morgan fingerprint density at radius 3 is 2.60 bits per heavy atom. The third kappa shape index (κ3) is 2.82. The SMILES string of the molecule is Cc1ccc(O[C@H](C)C(=O)N[C@@H]2C[C@@H]3CC[C@@H]2C3)cc1. The average molecular weight is 273 g/mol. The van der Waals surface area contributed by atoms with Crippen LogP contribution in [0.1, 0.15) is 38.2 Å². The second-order valence-electron chi connectivity index (χ2n) is 6.36. The minimum Gasteiger partial charge on any atom is -0.481 e. The van der Waals surface area contributed by atoms with E-state index in [9.17, 15) is 4.79 Å². The van der Waals surface area contributed by atoms with Crippen LogP contribution in [-0.2, 0) is 4.79 Å². The standard InChI is InChI=1S/C17H23NO2/c1-11-3-7-15(8-4-11)20-12(2)17(19)18-16-10-13-5-6-14(16)9-13/h3-4,7-8,12-14,16H,5-6,9-10H2,1-2H3,(H,18,19)/t12-,13-,14-,16-/m1/s1. The number of benzene rings is 1. The van der Waals surface area contributed by atoms with Crippen molar-refractivity contribution in [1.82, 2.24) is 5.32 Å². The third-order valence-electron chi connectivity index (χ3n) is 4.77. The lowest BCUT2D eigenvalue weighted by Gasteiger charge is -2.24. The molecule has 0 radical (unpaired) electrons. The first kappa shape index (κ1) is 13.5. The Bertz CT molecular complexity index is 482. The van der Waals surface area contributed by atoms with E-state index in [4.69, 9.17) is 4.74 Å². The van der Waals surface area contributed by atoms with Crippen LogP contribution in [0.3, 0.4) is 0 Å². The normalized spacial score (nSPS) is 29.2. The van der Waals surface area contributed by atoms with Gasteiger partial charge in [0.2, 0.25) is 0 Å². The molecule has 0 spiro atoms. The highest BCUT2D eigenvalue weighted by Crippen LogP contribution is 2.44. The summed E-state index contributed by atoms with van der Waals surface area (Å²) in [5, 5.41) is 3.18. The zero-order valence-corrected chi connectivity index (χ0v) is 12.3. The Morgan fingerprint density at radius 1 is 1.25 bits per heavy atom. The van der Waals surface area contributed by atoms with E-state index in [0.717, 1.165) is 18.1 Å². The van der Waals surface area contributed by atoms with Crippen molar-refractivity contribution in [3.63, 3.8) is 0 Å². The lowest BCUT2D eigenvalue weighted by Crippen LogP contribution is -2.44. The van der Waals surface area contributed by atoms with Crippen molar-refractivity contribution in [1.29, 1.82) is 0 Å². The molecular weight excluding hydrogens is 250 g/mol. The van der Waals surface area contributed by atoms with Crippen molar-refractivity contribution in [2.45, 2.75) is 51.7 Å². The van der Waals surface area contributed by atoms with Crippen LogP contribution in [0, 0.1) is 18.8 Å². The Balaban J connectivity index is 1.53. The van der Waals surface area contributed by atoms with E-state index in [1.54, 1.807) is 0 Å². The van der Waals surface area contributed by atoms with Gasteiger partial charge in [0.1, 0.15) is 5.75 Å². The van der Waals surface area contributed by atoms with E-state index in [-0.39, 0.29) is 5.91 Å². The van der Waals surface area contributed by atoms with Gasteiger partial charge in [0.25, 0.3) is 5.91 Å². The fourth-order valence-electron chi connectivity index (χ4n) is 3.60. The summed E-state index contributed by atoms with van der Waals surface area (Å²) in [5.41, 5.74) is 1.19. The summed E-state index contributed by atoms with van der Waals surface area (Å²) < 4.78 is 5.71. The van der Waals surface area contributed by atoms with Crippen LogP contribution in [0.25, 0.3) is 0 Å². The van der Waals surface area contributed by atoms with Crippen molar-refractivity contribution >= 4 is 5.91 Å². The van der Waals surface area contributed by atoms with Crippen molar-refractivity contribution in [3.8, 4) is 5.75 Å². The number of fused-ring (bicyclic) bond motifs is 2. The number of aryl methyl sites for hydroxylation is 1. The Morgan fingerprint density at radius 2 is 2.00 bits per heavy atom. The lowest BCUT2D eigenvalue weighted by atomic mass is 9.95. The van der Waals surface area contributed by atoms with Crippen LogP contribution < -0.4 is 10.1 Å². The number of ether oxygens (including phenoxy) is 1. The molecule has 2 aliphatic carbocycles. The first-order valence-corrected chi connectivity index (χ1v) is 7.65. The number of hydrogen-bond donors (Lipinski definition) is 1. The van der Waals surface area contributed by atoms with Gasteiger partial charge in [0.15, 0.2) is 6.10 Å². The van der Waals surface area contributed by atoms with Gasteiger partial charge in [-0.2, -0.15) is 0 Å². The topological polar surface area (TPSA) is 38.3 Å². The number of amides is 1. The predicted molar refractivity (Wildman–Crippen MR) is 78.6 cm³/mol. The Labute approximate surface area is 120 Å². The average Bonchev–Trinajstić information content (AvgIpc) is 3.03. The van der Waals surface area contributed by atoms with E-state index in [0.29, 0.717) is 12.0 Å². The molecule has 1 aromatic rings. The molecular formula is C17H23NO2. The molecule has 1 amide bonds. The van der Waals surface area contributed by atoms with Crippen molar-refractivity contribution in [3.05, 3.63) is 29.8 Å². The quantitative estimate of drug-likeness (QED) is 0.915. The van der Waals surface area contributed by atoms with Crippen molar-refractivity contribution in [2.24, 2.45) is 11.8 Å². The first-order chi connectivity index (χ1) is 9.61. The summed E-state index contributed by atoms with van der Waals surface area (Å²) >= 11 is 0. The molecule has 2 aliphatic rings.